The molecule has 0 radical (unpaired) electrons. The van der Waals surface area contributed by atoms with Crippen LogP contribution in [0.2, 0.25) is 6.32 Å². The number of rotatable bonds is 11. The van der Waals surface area contributed by atoms with Gasteiger partial charge in [0.25, 0.3) is 11.8 Å². The highest BCUT2D eigenvalue weighted by atomic mass is 16.7. The van der Waals surface area contributed by atoms with Crippen LogP contribution in [-0.2, 0) is 16.1 Å². The second-order valence-corrected chi connectivity index (χ2v) is 9.19. The minimum absolute atomic E-state index is 0.0850. The van der Waals surface area contributed by atoms with Crippen LogP contribution in [0.15, 0.2) is 53.7 Å². The van der Waals surface area contributed by atoms with Gasteiger partial charge >= 0.3 is 7.12 Å². The topological polar surface area (TPSA) is 142 Å². The maximum atomic E-state index is 13.5. The zero-order valence-electron chi connectivity index (χ0n) is 20.2. The van der Waals surface area contributed by atoms with Crippen molar-refractivity contribution in [3.8, 4) is 5.88 Å². The molecule has 0 saturated heterocycles. The molecule has 1 aromatic heterocycles. The standard InChI is InChI=1S/C24H31BN4O6/c1-23(2,12-13-25(32)33)28-22(31)24(14-17-8-5-4-6-9-17)15-18(29-35-24)16-26-21(30)19-10-7-11-20(27-19)34-3/h4-11,32-33H,12-16H2,1-3H3,(H,26,30)(H,28,31). The lowest BCUT2D eigenvalue weighted by Gasteiger charge is -2.32. The van der Waals surface area contributed by atoms with E-state index in [1.54, 1.807) is 18.2 Å². The Kier molecular flexibility index (Phi) is 8.47. The van der Waals surface area contributed by atoms with Crippen LogP contribution in [0.1, 0.15) is 42.7 Å². The fraction of sp³-hybridized carbons (Fsp3) is 0.417. The Labute approximate surface area is 204 Å². The average Bonchev–Trinajstić information content (AvgIpc) is 3.26. The van der Waals surface area contributed by atoms with Crippen LogP contribution >= 0.6 is 0 Å². The molecule has 1 atom stereocenters. The molecule has 3 rings (SSSR count). The number of oxime groups is 1. The van der Waals surface area contributed by atoms with Gasteiger partial charge in [-0.25, -0.2) is 4.98 Å². The Balaban J connectivity index is 1.70. The molecule has 2 aromatic rings. The highest BCUT2D eigenvalue weighted by Crippen LogP contribution is 2.30. The van der Waals surface area contributed by atoms with Crippen LogP contribution in [0.5, 0.6) is 5.88 Å². The number of pyridine rings is 1. The summed E-state index contributed by atoms with van der Waals surface area (Å²) in [5.74, 6) is -0.437. The van der Waals surface area contributed by atoms with Crippen LogP contribution in [0.25, 0.3) is 0 Å². The summed E-state index contributed by atoms with van der Waals surface area (Å²) in [6, 6.07) is 14.3. The van der Waals surface area contributed by atoms with E-state index < -0.39 is 24.2 Å². The number of hydrogen-bond donors (Lipinski definition) is 4. The SMILES string of the molecule is COc1cccc(C(=O)NCC2=NOC(Cc3ccccc3)(C(=O)NC(C)(C)CCB(O)O)C2)n1. The first-order valence-corrected chi connectivity index (χ1v) is 11.4. The molecule has 1 aliphatic rings. The Morgan fingerprint density at radius 3 is 2.60 bits per heavy atom. The van der Waals surface area contributed by atoms with Gasteiger partial charge in [-0.15, -0.1) is 0 Å². The van der Waals surface area contributed by atoms with Crippen molar-refractivity contribution in [2.75, 3.05) is 13.7 Å². The molecule has 0 aliphatic carbocycles. The van der Waals surface area contributed by atoms with Crippen molar-refractivity contribution < 1.29 is 29.2 Å². The minimum Gasteiger partial charge on any atom is -0.481 e. The number of nitrogens with one attached hydrogen (secondary N) is 2. The second kappa shape index (κ2) is 11.3. The van der Waals surface area contributed by atoms with Gasteiger partial charge in [-0.05, 0) is 38.2 Å². The lowest BCUT2D eigenvalue weighted by atomic mass is 9.79. The quantitative estimate of drug-likeness (QED) is 0.354. The Hall–Kier alpha value is -3.44. The Bertz CT molecular complexity index is 1060. The summed E-state index contributed by atoms with van der Waals surface area (Å²) >= 11 is 0. The molecule has 1 aromatic carbocycles. The molecular formula is C24H31BN4O6. The van der Waals surface area contributed by atoms with Gasteiger partial charge in [0, 0.05) is 24.4 Å². The third-order valence-corrected chi connectivity index (χ3v) is 5.68. The maximum Gasteiger partial charge on any atom is 0.451 e. The van der Waals surface area contributed by atoms with Gasteiger partial charge < -0.3 is 30.3 Å². The van der Waals surface area contributed by atoms with Crippen LogP contribution in [0.3, 0.4) is 0 Å². The van der Waals surface area contributed by atoms with Crippen LogP contribution in [-0.4, -0.2) is 64.5 Å². The molecule has 0 saturated carbocycles. The van der Waals surface area contributed by atoms with E-state index >= 15 is 0 Å². The molecule has 35 heavy (non-hydrogen) atoms. The molecule has 4 N–H and O–H groups in total. The molecule has 1 unspecified atom stereocenters. The van der Waals surface area contributed by atoms with Crippen molar-refractivity contribution >= 4 is 24.6 Å². The molecule has 11 heteroatoms. The number of benzene rings is 1. The summed E-state index contributed by atoms with van der Waals surface area (Å²) in [6.07, 6.45) is 0.927. The normalized spacial score (nSPS) is 17.2. The smallest absolute Gasteiger partial charge is 0.451 e. The molecule has 186 valence electrons. The van der Waals surface area contributed by atoms with Gasteiger partial charge in [0.05, 0.1) is 19.4 Å². The first kappa shape index (κ1) is 26.2. The van der Waals surface area contributed by atoms with Crippen molar-refractivity contribution in [3.63, 3.8) is 0 Å². The summed E-state index contributed by atoms with van der Waals surface area (Å²) < 4.78 is 5.06. The number of ether oxygens (including phenoxy) is 1. The van der Waals surface area contributed by atoms with Crippen LogP contribution in [0, 0.1) is 0 Å². The predicted molar refractivity (Wildman–Crippen MR) is 131 cm³/mol. The van der Waals surface area contributed by atoms with Crippen LogP contribution < -0.4 is 15.4 Å². The third-order valence-electron chi connectivity index (χ3n) is 5.68. The maximum absolute atomic E-state index is 13.5. The molecule has 0 spiro atoms. The van der Waals surface area contributed by atoms with Crippen molar-refractivity contribution in [1.29, 1.82) is 0 Å². The first-order chi connectivity index (χ1) is 16.6. The molecule has 2 heterocycles. The van der Waals surface area contributed by atoms with Gasteiger partial charge in [-0.3, -0.25) is 9.59 Å². The first-order valence-electron chi connectivity index (χ1n) is 11.4. The number of carbonyl (C=O) groups is 2. The van der Waals surface area contributed by atoms with Crippen molar-refractivity contribution in [1.82, 2.24) is 15.6 Å². The second-order valence-electron chi connectivity index (χ2n) is 9.19. The molecule has 2 amide bonds. The molecular weight excluding hydrogens is 451 g/mol. The number of amides is 2. The zero-order valence-corrected chi connectivity index (χ0v) is 20.2. The summed E-state index contributed by atoms with van der Waals surface area (Å²) in [5.41, 5.74) is -0.402. The van der Waals surface area contributed by atoms with Crippen molar-refractivity contribution in [2.45, 2.75) is 50.6 Å². The molecule has 10 nitrogen and oxygen atoms in total. The van der Waals surface area contributed by atoms with E-state index in [9.17, 15) is 19.6 Å². The largest absolute Gasteiger partial charge is 0.481 e. The number of aromatic nitrogens is 1. The highest BCUT2D eigenvalue weighted by Gasteiger charge is 2.48. The van der Waals surface area contributed by atoms with Crippen molar-refractivity contribution in [3.05, 3.63) is 59.8 Å². The summed E-state index contributed by atoms with van der Waals surface area (Å²) in [5, 5.41) is 28.3. The number of carbonyl (C=O) groups excluding carboxylic acids is 2. The van der Waals surface area contributed by atoms with E-state index in [-0.39, 0.29) is 37.3 Å². The van der Waals surface area contributed by atoms with Crippen molar-refractivity contribution in [2.24, 2.45) is 5.16 Å². The number of nitrogens with zero attached hydrogens (tertiary/aromatic N) is 2. The van der Waals surface area contributed by atoms with E-state index in [1.165, 1.54) is 7.11 Å². The zero-order chi connectivity index (χ0) is 25.5. The fourth-order valence-corrected chi connectivity index (χ4v) is 3.76. The Morgan fingerprint density at radius 1 is 1.17 bits per heavy atom. The van der Waals surface area contributed by atoms with E-state index in [2.05, 4.69) is 20.8 Å². The highest BCUT2D eigenvalue weighted by molar-refractivity contribution is 6.40. The van der Waals surface area contributed by atoms with Gasteiger partial charge in [0.15, 0.2) is 0 Å². The van der Waals surface area contributed by atoms with Crippen LogP contribution in [0.4, 0.5) is 0 Å². The lowest BCUT2D eigenvalue weighted by Crippen LogP contribution is -2.55. The summed E-state index contributed by atoms with van der Waals surface area (Å²) in [4.78, 5) is 35.9. The van der Waals surface area contributed by atoms with Gasteiger partial charge in [-0.2, -0.15) is 0 Å². The molecule has 0 fully saturated rings. The molecule has 1 aliphatic heterocycles. The molecule has 0 bridgehead atoms. The summed E-state index contributed by atoms with van der Waals surface area (Å²) in [7, 11) is 0.0176. The van der Waals surface area contributed by atoms with E-state index in [4.69, 9.17) is 9.57 Å². The van der Waals surface area contributed by atoms with Gasteiger partial charge in [0.2, 0.25) is 11.5 Å². The third kappa shape index (κ3) is 7.27. The fourth-order valence-electron chi connectivity index (χ4n) is 3.76. The van der Waals surface area contributed by atoms with E-state index in [0.717, 1.165) is 5.56 Å². The monoisotopic (exact) mass is 482 g/mol. The minimum atomic E-state index is -1.45. The van der Waals surface area contributed by atoms with E-state index in [1.807, 2.05) is 44.2 Å². The predicted octanol–water partition coefficient (Wildman–Crippen LogP) is 1.34. The van der Waals surface area contributed by atoms with Gasteiger partial charge in [0.1, 0.15) is 5.69 Å². The average molecular weight is 482 g/mol. The van der Waals surface area contributed by atoms with E-state index in [0.29, 0.717) is 18.0 Å². The number of methoxy groups -OCH3 is 1. The lowest BCUT2D eigenvalue weighted by molar-refractivity contribution is -0.145. The van der Waals surface area contributed by atoms with Gasteiger partial charge in [-0.1, -0.05) is 41.6 Å². The summed E-state index contributed by atoms with van der Waals surface area (Å²) in [6.45, 7) is 3.70. The number of hydrogen-bond acceptors (Lipinski definition) is 8. The Morgan fingerprint density at radius 2 is 1.91 bits per heavy atom.